The maximum absolute atomic E-state index is 12.2. The molecule has 0 saturated heterocycles. The van der Waals surface area contributed by atoms with E-state index in [2.05, 4.69) is 21.2 Å². The molecule has 1 aromatic heterocycles. The highest BCUT2D eigenvalue weighted by molar-refractivity contribution is 9.10. The Morgan fingerprint density at radius 1 is 1.32 bits per heavy atom. The minimum Gasteiger partial charge on any atom is -0.321 e. The van der Waals surface area contributed by atoms with Crippen molar-refractivity contribution in [2.24, 2.45) is 0 Å². The molecule has 0 aliphatic carbocycles. The van der Waals surface area contributed by atoms with Crippen molar-refractivity contribution >= 4 is 50.6 Å². The highest BCUT2D eigenvalue weighted by atomic mass is 79.9. The number of thioether (sulfide) groups is 1. The van der Waals surface area contributed by atoms with Crippen LogP contribution in [0.25, 0.3) is 0 Å². The summed E-state index contributed by atoms with van der Waals surface area (Å²) in [5.74, 6) is 2.19. The van der Waals surface area contributed by atoms with Crippen LogP contribution in [0.1, 0.15) is 20.1 Å². The van der Waals surface area contributed by atoms with Gasteiger partial charge in [-0.3, -0.25) is 4.79 Å². The van der Waals surface area contributed by atoms with Gasteiger partial charge < -0.3 is 5.32 Å². The Morgan fingerprint density at radius 3 is 3.00 bits per heavy atom. The van der Waals surface area contributed by atoms with Crippen LogP contribution in [0.15, 0.2) is 34.8 Å². The Labute approximate surface area is 128 Å². The van der Waals surface area contributed by atoms with Crippen molar-refractivity contribution in [3.05, 3.63) is 50.1 Å². The number of thiophene rings is 1. The molecule has 0 atom stereocenters. The summed E-state index contributed by atoms with van der Waals surface area (Å²) in [5.41, 5.74) is 2.15. The van der Waals surface area contributed by atoms with Crippen molar-refractivity contribution in [1.29, 1.82) is 0 Å². The number of fused-ring (bicyclic) bond motifs is 1. The molecule has 1 amide bonds. The Balaban J connectivity index is 1.78. The minimum absolute atomic E-state index is 0.0116. The van der Waals surface area contributed by atoms with E-state index in [9.17, 15) is 4.79 Å². The molecule has 0 saturated carbocycles. The molecular formula is C14H12BrNOS2. The van der Waals surface area contributed by atoms with Gasteiger partial charge in [-0.25, -0.2) is 0 Å². The van der Waals surface area contributed by atoms with E-state index in [-0.39, 0.29) is 5.91 Å². The summed E-state index contributed by atoms with van der Waals surface area (Å²) < 4.78 is 0.965. The zero-order valence-electron chi connectivity index (χ0n) is 10.1. The summed E-state index contributed by atoms with van der Waals surface area (Å²) in [6.45, 7) is 0. The maximum Gasteiger partial charge on any atom is 0.265 e. The van der Waals surface area contributed by atoms with Gasteiger partial charge in [-0.15, -0.1) is 11.3 Å². The number of nitrogens with one attached hydrogen (secondary N) is 1. The number of carbonyl (C=O) groups is 1. The number of halogens is 1. The van der Waals surface area contributed by atoms with Gasteiger partial charge in [-0.05, 0) is 42.0 Å². The number of aryl methyl sites for hydroxylation is 1. The van der Waals surface area contributed by atoms with Gasteiger partial charge in [-0.1, -0.05) is 22.0 Å². The molecule has 0 radical (unpaired) electrons. The number of rotatable bonds is 2. The zero-order chi connectivity index (χ0) is 13.2. The number of benzene rings is 1. The summed E-state index contributed by atoms with van der Waals surface area (Å²) in [6.07, 6.45) is 1.09. The molecule has 1 N–H and O–H groups in total. The topological polar surface area (TPSA) is 29.1 Å². The van der Waals surface area contributed by atoms with E-state index >= 15 is 0 Å². The van der Waals surface area contributed by atoms with E-state index in [1.54, 1.807) is 11.3 Å². The van der Waals surface area contributed by atoms with Crippen LogP contribution in [0.2, 0.25) is 0 Å². The molecule has 1 aliphatic heterocycles. The molecule has 2 heterocycles. The fraction of sp³-hybridized carbons (Fsp3) is 0.214. The molecule has 1 aromatic carbocycles. The number of carbonyl (C=O) groups excluding carboxylic acids is 1. The van der Waals surface area contributed by atoms with E-state index in [1.165, 1.54) is 16.2 Å². The predicted octanol–water partition coefficient (Wildman–Crippen LogP) is 4.55. The quantitative estimate of drug-likeness (QED) is 0.857. The van der Waals surface area contributed by atoms with Crippen LogP contribution in [0.3, 0.4) is 0 Å². The number of hydrogen-bond donors (Lipinski definition) is 1. The van der Waals surface area contributed by atoms with Crippen molar-refractivity contribution in [1.82, 2.24) is 0 Å². The monoisotopic (exact) mass is 353 g/mol. The highest BCUT2D eigenvalue weighted by Crippen LogP contribution is 2.32. The van der Waals surface area contributed by atoms with Gasteiger partial charge in [0, 0.05) is 20.8 Å². The third kappa shape index (κ3) is 3.04. The van der Waals surface area contributed by atoms with E-state index in [0.717, 1.165) is 27.2 Å². The second kappa shape index (κ2) is 5.69. The summed E-state index contributed by atoms with van der Waals surface area (Å²) in [6, 6.07) is 9.69. The van der Waals surface area contributed by atoms with Gasteiger partial charge in [-0.2, -0.15) is 11.8 Å². The van der Waals surface area contributed by atoms with Crippen LogP contribution in [-0.2, 0) is 12.2 Å². The zero-order valence-corrected chi connectivity index (χ0v) is 13.3. The molecule has 98 valence electrons. The van der Waals surface area contributed by atoms with Gasteiger partial charge in [0.2, 0.25) is 0 Å². The lowest BCUT2D eigenvalue weighted by atomic mass is 10.2. The number of anilines is 1. The summed E-state index contributed by atoms with van der Waals surface area (Å²) in [4.78, 5) is 14.4. The molecule has 0 unspecified atom stereocenters. The fourth-order valence-electron chi connectivity index (χ4n) is 2.02. The summed E-state index contributed by atoms with van der Waals surface area (Å²) in [5, 5.41) is 2.94. The average molecular weight is 354 g/mol. The third-order valence-corrected chi connectivity index (χ3v) is 5.67. The Bertz CT molecular complexity index is 600. The van der Waals surface area contributed by atoms with E-state index in [4.69, 9.17) is 0 Å². The first-order chi connectivity index (χ1) is 9.22. The van der Waals surface area contributed by atoms with Crippen LogP contribution in [0.4, 0.5) is 5.69 Å². The molecular weight excluding hydrogens is 342 g/mol. The molecule has 3 rings (SSSR count). The average Bonchev–Trinajstić information content (AvgIpc) is 2.82. The number of hydrogen-bond acceptors (Lipinski definition) is 3. The van der Waals surface area contributed by atoms with Gasteiger partial charge in [0.15, 0.2) is 0 Å². The molecule has 19 heavy (non-hydrogen) atoms. The van der Waals surface area contributed by atoms with Crippen molar-refractivity contribution in [2.45, 2.75) is 12.2 Å². The maximum atomic E-state index is 12.2. The van der Waals surface area contributed by atoms with E-state index in [0.29, 0.717) is 0 Å². The molecule has 5 heteroatoms. The van der Waals surface area contributed by atoms with Crippen LogP contribution < -0.4 is 5.32 Å². The standard InChI is InChI=1S/C14H12BrNOS2/c15-10-2-1-3-11(7-10)16-14(17)13-6-9-8-18-5-4-12(9)19-13/h1-3,6-7H,4-5,8H2,(H,16,17). The normalized spacial score (nSPS) is 13.9. The second-order valence-corrected chi connectivity index (χ2v) is 7.48. The second-order valence-electron chi connectivity index (χ2n) is 4.33. The Kier molecular flexibility index (Phi) is 3.96. The van der Waals surface area contributed by atoms with Gasteiger partial charge >= 0.3 is 0 Å². The largest absolute Gasteiger partial charge is 0.321 e. The van der Waals surface area contributed by atoms with Crippen LogP contribution in [0.5, 0.6) is 0 Å². The van der Waals surface area contributed by atoms with Crippen molar-refractivity contribution < 1.29 is 4.79 Å². The molecule has 0 spiro atoms. The van der Waals surface area contributed by atoms with Crippen molar-refractivity contribution in [3.8, 4) is 0 Å². The molecule has 0 fully saturated rings. The van der Waals surface area contributed by atoms with E-state index < -0.39 is 0 Å². The van der Waals surface area contributed by atoms with Gasteiger partial charge in [0.1, 0.15) is 0 Å². The first-order valence-corrected chi connectivity index (χ1v) is 8.75. The van der Waals surface area contributed by atoms with Crippen molar-refractivity contribution in [3.63, 3.8) is 0 Å². The SMILES string of the molecule is O=C(Nc1cccc(Br)c1)c1cc2c(s1)CCSC2. The lowest BCUT2D eigenvalue weighted by molar-refractivity contribution is 0.103. The minimum atomic E-state index is -0.0116. The first-order valence-electron chi connectivity index (χ1n) is 5.98. The first kappa shape index (κ1) is 13.2. The lowest BCUT2D eigenvalue weighted by Gasteiger charge is -2.08. The Morgan fingerprint density at radius 2 is 2.21 bits per heavy atom. The molecule has 2 nitrogen and oxygen atoms in total. The van der Waals surface area contributed by atoms with Gasteiger partial charge in [0.25, 0.3) is 5.91 Å². The van der Waals surface area contributed by atoms with E-state index in [1.807, 2.05) is 42.1 Å². The summed E-state index contributed by atoms with van der Waals surface area (Å²) >= 11 is 6.97. The van der Waals surface area contributed by atoms with Crippen molar-refractivity contribution in [2.75, 3.05) is 11.1 Å². The number of amides is 1. The third-order valence-electron chi connectivity index (χ3n) is 2.93. The lowest BCUT2D eigenvalue weighted by Crippen LogP contribution is -2.09. The van der Waals surface area contributed by atoms with Crippen LogP contribution >= 0.6 is 39.0 Å². The fourth-order valence-corrected chi connectivity index (χ4v) is 4.68. The van der Waals surface area contributed by atoms with Crippen LogP contribution in [0, 0.1) is 0 Å². The van der Waals surface area contributed by atoms with Crippen LogP contribution in [-0.4, -0.2) is 11.7 Å². The molecule has 2 aromatic rings. The predicted molar refractivity (Wildman–Crippen MR) is 86.3 cm³/mol. The molecule has 0 bridgehead atoms. The van der Waals surface area contributed by atoms with Gasteiger partial charge in [0.05, 0.1) is 4.88 Å². The molecule has 1 aliphatic rings. The smallest absolute Gasteiger partial charge is 0.265 e. The summed E-state index contributed by atoms with van der Waals surface area (Å²) in [7, 11) is 0. The Hall–Kier alpha value is -0.780. The highest BCUT2D eigenvalue weighted by Gasteiger charge is 2.17.